The molecule has 0 atom stereocenters. The van der Waals surface area contributed by atoms with Crippen molar-refractivity contribution in [3.8, 4) is 0 Å². The second kappa shape index (κ2) is 2.62. The van der Waals surface area contributed by atoms with E-state index in [0.29, 0.717) is 0 Å². The van der Waals surface area contributed by atoms with Crippen molar-refractivity contribution >= 4 is 12.1 Å². The first kappa shape index (κ1) is 6.26. The summed E-state index contributed by atoms with van der Waals surface area (Å²) in [4.78, 5) is 16.4. The van der Waals surface area contributed by atoms with E-state index in [1.165, 1.54) is 6.21 Å². The summed E-state index contributed by atoms with van der Waals surface area (Å²) in [5.41, 5.74) is 0. The monoisotopic (exact) mass is 126 g/mol. The molecule has 0 aromatic carbocycles. The highest BCUT2D eigenvalue weighted by Gasteiger charge is 2.10. The molecule has 1 heterocycles. The molecule has 0 radical (unpaired) electrons. The maximum absolute atomic E-state index is 10.8. The number of carbonyl (C=O) groups excluding carboxylic acids is 1. The molecule has 9 heavy (non-hydrogen) atoms. The summed E-state index contributed by atoms with van der Waals surface area (Å²) in [6.07, 6.45) is 1.40. The molecule has 0 aromatic heterocycles. The third kappa shape index (κ3) is 1.28. The van der Waals surface area contributed by atoms with Gasteiger partial charge in [-0.15, -0.1) is 0 Å². The van der Waals surface area contributed by atoms with Gasteiger partial charge in [-0.3, -0.25) is 9.79 Å². The lowest BCUT2D eigenvalue weighted by Gasteiger charge is -2.20. The van der Waals surface area contributed by atoms with Gasteiger partial charge in [-0.1, -0.05) is 0 Å². The zero-order valence-corrected chi connectivity index (χ0v) is 5.50. The van der Waals surface area contributed by atoms with Gasteiger partial charge < -0.3 is 4.90 Å². The number of aliphatic imine (C=N–C) groups is 1. The summed E-state index contributed by atoms with van der Waals surface area (Å²) in [5.74, 6) is 0.0451. The fourth-order valence-corrected chi connectivity index (χ4v) is 0.827. The predicted octanol–water partition coefficient (Wildman–Crippen LogP) is -0.0807. The fraction of sp³-hybridized carbons (Fsp3) is 0.667. The van der Waals surface area contributed by atoms with Crippen molar-refractivity contribution in [2.45, 2.75) is 6.92 Å². The molecular weight excluding hydrogens is 116 g/mol. The molecule has 1 aliphatic heterocycles. The van der Waals surface area contributed by atoms with E-state index in [0.717, 1.165) is 19.6 Å². The first-order chi connectivity index (χ1) is 4.34. The van der Waals surface area contributed by atoms with Gasteiger partial charge in [0, 0.05) is 13.1 Å². The Bertz CT molecular complexity index is 142. The third-order valence-corrected chi connectivity index (χ3v) is 1.39. The van der Waals surface area contributed by atoms with Crippen LogP contribution in [0.25, 0.3) is 0 Å². The number of hydrogen-bond donors (Lipinski definition) is 0. The third-order valence-electron chi connectivity index (χ3n) is 1.39. The Kier molecular flexibility index (Phi) is 1.82. The van der Waals surface area contributed by atoms with Crippen molar-refractivity contribution in [2.75, 3.05) is 19.6 Å². The SMILES string of the molecule is CCN1CCN=CC1=O. The average Bonchev–Trinajstić information content (AvgIpc) is 1.89. The molecular formula is C6H10N2O. The quantitative estimate of drug-likeness (QED) is 0.483. The largest absolute Gasteiger partial charge is 0.336 e. The standard InChI is InChI=1S/C6H10N2O/c1-2-8-4-3-7-5-6(8)9/h5H,2-4H2,1H3. The number of hydrogen-bond acceptors (Lipinski definition) is 2. The predicted molar refractivity (Wildman–Crippen MR) is 35.6 cm³/mol. The van der Waals surface area contributed by atoms with E-state index in [-0.39, 0.29) is 5.91 Å². The highest BCUT2D eigenvalue weighted by molar-refractivity contribution is 6.26. The summed E-state index contributed by atoms with van der Waals surface area (Å²) in [6.45, 7) is 4.31. The van der Waals surface area contributed by atoms with E-state index in [4.69, 9.17) is 0 Å². The van der Waals surface area contributed by atoms with Gasteiger partial charge in [0.2, 0.25) is 0 Å². The van der Waals surface area contributed by atoms with Gasteiger partial charge in [0.05, 0.1) is 12.8 Å². The Labute approximate surface area is 54.4 Å². The number of likely N-dealkylation sites (N-methyl/N-ethyl adjacent to an activating group) is 1. The molecule has 1 amide bonds. The van der Waals surface area contributed by atoms with Crippen LogP contribution in [0.1, 0.15) is 6.92 Å². The van der Waals surface area contributed by atoms with E-state index in [1.54, 1.807) is 4.90 Å². The van der Waals surface area contributed by atoms with Crippen LogP contribution in [0.4, 0.5) is 0 Å². The van der Waals surface area contributed by atoms with E-state index in [2.05, 4.69) is 4.99 Å². The average molecular weight is 126 g/mol. The number of rotatable bonds is 1. The van der Waals surface area contributed by atoms with E-state index in [1.807, 2.05) is 6.92 Å². The van der Waals surface area contributed by atoms with Crippen molar-refractivity contribution < 1.29 is 4.79 Å². The lowest BCUT2D eigenvalue weighted by atomic mass is 10.4. The molecule has 0 bridgehead atoms. The highest BCUT2D eigenvalue weighted by Crippen LogP contribution is 1.92. The molecule has 0 unspecified atom stereocenters. The number of amides is 1. The first-order valence-electron chi connectivity index (χ1n) is 3.13. The maximum atomic E-state index is 10.8. The Balaban J connectivity index is 2.55. The Morgan fingerprint density at radius 3 is 3.11 bits per heavy atom. The summed E-state index contributed by atoms with van der Waals surface area (Å²) < 4.78 is 0. The maximum Gasteiger partial charge on any atom is 0.264 e. The summed E-state index contributed by atoms with van der Waals surface area (Å²) in [5, 5.41) is 0. The van der Waals surface area contributed by atoms with Crippen molar-refractivity contribution in [1.82, 2.24) is 4.90 Å². The van der Waals surface area contributed by atoms with Crippen LogP contribution in [0.15, 0.2) is 4.99 Å². The van der Waals surface area contributed by atoms with Crippen molar-refractivity contribution in [3.63, 3.8) is 0 Å². The van der Waals surface area contributed by atoms with Gasteiger partial charge in [0.15, 0.2) is 0 Å². The van der Waals surface area contributed by atoms with Crippen LogP contribution in [-0.2, 0) is 4.79 Å². The molecule has 3 nitrogen and oxygen atoms in total. The number of carbonyl (C=O) groups is 1. The van der Waals surface area contributed by atoms with Crippen molar-refractivity contribution in [2.24, 2.45) is 4.99 Å². The lowest BCUT2D eigenvalue weighted by Crippen LogP contribution is -2.36. The lowest BCUT2D eigenvalue weighted by molar-refractivity contribution is -0.123. The second-order valence-corrected chi connectivity index (χ2v) is 1.95. The number of nitrogens with zero attached hydrogens (tertiary/aromatic N) is 2. The molecule has 0 N–H and O–H groups in total. The Hall–Kier alpha value is -0.860. The zero-order valence-electron chi connectivity index (χ0n) is 5.50. The Morgan fingerprint density at radius 1 is 1.89 bits per heavy atom. The van der Waals surface area contributed by atoms with Crippen molar-refractivity contribution in [1.29, 1.82) is 0 Å². The molecule has 0 spiro atoms. The van der Waals surface area contributed by atoms with Gasteiger partial charge in [0.25, 0.3) is 5.91 Å². The minimum atomic E-state index is 0.0451. The van der Waals surface area contributed by atoms with Crippen LogP contribution < -0.4 is 0 Å². The first-order valence-corrected chi connectivity index (χ1v) is 3.13. The minimum Gasteiger partial charge on any atom is -0.336 e. The molecule has 3 heteroatoms. The van der Waals surface area contributed by atoms with E-state index in [9.17, 15) is 4.79 Å². The molecule has 0 aromatic rings. The van der Waals surface area contributed by atoms with Crippen LogP contribution in [0.3, 0.4) is 0 Å². The zero-order chi connectivity index (χ0) is 6.69. The van der Waals surface area contributed by atoms with Gasteiger partial charge in [0.1, 0.15) is 0 Å². The molecule has 0 fully saturated rings. The minimum absolute atomic E-state index is 0.0451. The topological polar surface area (TPSA) is 32.7 Å². The van der Waals surface area contributed by atoms with E-state index >= 15 is 0 Å². The summed E-state index contributed by atoms with van der Waals surface area (Å²) >= 11 is 0. The molecule has 50 valence electrons. The second-order valence-electron chi connectivity index (χ2n) is 1.95. The van der Waals surface area contributed by atoms with Crippen LogP contribution in [-0.4, -0.2) is 36.7 Å². The smallest absolute Gasteiger partial charge is 0.264 e. The van der Waals surface area contributed by atoms with Crippen LogP contribution in [0.5, 0.6) is 0 Å². The fourth-order valence-electron chi connectivity index (χ4n) is 0.827. The van der Waals surface area contributed by atoms with E-state index < -0.39 is 0 Å². The summed E-state index contributed by atoms with van der Waals surface area (Å²) in [6, 6.07) is 0. The molecule has 0 aliphatic carbocycles. The van der Waals surface area contributed by atoms with Crippen LogP contribution in [0.2, 0.25) is 0 Å². The molecule has 1 rings (SSSR count). The highest BCUT2D eigenvalue weighted by atomic mass is 16.2. The molecule has 1 aliphatic rings. The van der Waals surface area contributed by atoms with Gasteiger partial charge >= 0.3 is 0 Å². The summed E-state index contributed by atoms with van der Waals surface area (Å²) in [7, 11) is 0. The van der Waals surface area contributed by atoms with Crippen LogP contribution >= 0.6 is 0 Å². The molecule has 0 saturated heterocycles. The Morgan fingerprint density at radius 2 is 2.67 bits per heavy atom. The molecule has 0 saturated carbocycles. The van der Waals surface area contributed by atoms with Gasteiger partial charge in [-0.05, 0) is 6.92 Å². The van der Waals surface area contributed by atoms with Gasteiger partial charge in [-0.25, -0.2) is 0 Å². The normalized spacial score (nSPS) is 18.8. The van der Waals surface area contributed by atoms with Crippen molar-refractivity contribution in [3.05, 3.63) is 0 Å². The van der Waals surface area contributed by atoms with Gasteiger partial charge in [-0.2, -0.15) is 0 Å². The van der Waals surface area contributed by atoms with Crippen LogP contribution in [0, 0.1) is 0 Å².